The van der Waals surface area contributed by atoms with Gasteiger partial charge in [0.25, 0.3) is 0 Å². The van der Waals surface area contributed by atoms with Gasteiger partial charge in [0.15, 0.2) is 0 Å². The van der Waals surface area contributed by atoms with Crippen LogP contribution in [0.5, 0.6) is 0 Å². The van der Waals surface area contributed by atoms with Gasteiger partial charge < -0.3 is 4.90 Å². The molecule has 0 unspecified atom stereocenters. The van der Waals surface area contributed by atoms with Gasteiger partial charge in [-0.25, -0.2) is 0 Å². The maximum absolute atomic E-state index is 2.43. The lowest BCUT2D eigenvalue weighted by atomic mass is 9.98. The molecule has 0 saturated carbocycles. The zero-order valence-corrected chi connectivity index (χ0v) is 30.4. The van der Waals surface area contributed by atoms with E-state index in [-0.39, 0.29) is 0 Å². The molecule has 10 rings (SSSR count). The first-order valence-electron chi connectivity index (χ1n) is 18.4. The summed E-state index contributed by atoms with van der Waals surface area (Å²) in [4.78, 5) is 2.43. The molecule has 0 spiro atoms. The van der Waals surface area contributed by atoms with Gasteiger partial charge in [-0.1, -0.05) is 170 Å². The summed E-state index contributed by atoms with van der Waals surface area (Å²) in [7, 11) is 0. The van der Waals surface area contributed by atoms with Crippen LogP contribution in [-0.2, 0) is 0 Å². The molecule has 0 aliphatic carbocycles. The maximum Gasteiger partial charge on any atom is 0.0547 e. The van der Waals surface area contributed by atoms with Crippen molar-refractivity contribution < 1.29 is 0 Å². The van der Waals surface area contributed by atoms with Crippen LogP contribution in [0.4, 0.5) is 17.1 Å². The largest absolute Gasteiger partial charge is 0.310 e. The number of thiophene rings is 1. The quantitative estimate of drug-likeness (QED) is 0.160. The fraction of sp³-hybridized carbons (Fsp3) is 0. The molecule has 254 valence electrons. The first-order chi connectivity index (χ1) is 26.8. The van der Waals surface area contributed by atoms with E-state index in [1.807, 2.05) is 11.3 Å². The lowest BCUT2D eigenvalue weighted by Crippen LogP contribution is -2.10. The topological polar surface area (TPSA) is 3.24 Å². The minimum absolute atomic E-state index is 1.11. The Morgan fingerprint density at radius 2 is 0.667 bits per heavy atom. The first-order valence-corrected chi connectivity index (χ1v) is 19.2. The molecule has 0 saturated heterocycles. The van der Waals surface area contributed by atoms with Gasteiger partial charge in [-0.05, 0) is 87.0 Å². The molecule has 0 fully saturated rings. The Balaban J connectivity index is 1.13. The average Bonchev–Trinajstić information content (AvgIpc) is 3.63. The Hall–Kier alpha value is -6.74. The Kier molecular flexibility index (Phi) is 8.09. The molecule has 1 nitrogen and oxygen atoms in total. The zero-order chi connectivity index (χ0) is 35.8. The molecule has 54 heavy (non-hydrogen) atoms. The van der Waals surface area contributed by atoms with Gasteiger partial charge in [0.2, 0.25) is 0 Å². The standard InChI is InChI=1S/C52H35NS/c1-4-12-36(13-5-1)39-20-22-40(23-21-39)42-26-31-45(32-27-42)53(44-29-24-41(25-30-44)37-14-6-2-7-15-37)50-35-49-48-34-43(38-16-8-3-9-17-38)28-33-51(48)54-52(49)47-19-11-10-18-46(47)50/h1-35H. The maximum atomic E-state index is 2.43. The number of hydrogen-bond acceptors (Lipinski definition) is 2. The van der Waals surface area contributed by atoms with E-state index in [1.165, 1.54) is 75.5 Å². The first kappa shape index (κ1) is 32.0. The molecule has 0 N–H and O–H groups in total. The number of fused-ring (bicyclic) bond motifs is 5. The third-order valence-electron chi connectivity index (χ3n) is 10.5. The van der Waals surface area contributed by atoms with Gasteiger partial charge in [0.05, 0.1) is 5.69 Å². The molecule has 0 aliphatic heterocycles. The van der Waals surface area contributed by atoms with Crippen molar-refractivity contribution in [3.8, 4) is 44.5 Å². The third kappa shape index (κ3) is 5.84. The second-order valence-electron chi connectivity index (χ2n) is 13.7. The predicted octanol–water partition coefficient (Wildman–Crippen LogP) is 15.3. The summed E-state index contributed by atoms with van der Waals surface area (Å²) < 4.78 is 2.62. The molecule has 0 atom stereocenters. The Bertz CT molecular complexity index is 2880. The van der Waals surface area contributed by atoms with Crippen molar-refractivity contribution in [1.82, 2.24) is 0 Å². The van der Waals surface area contributed by atoms with E-state index in [0.29, 0.717) is 0 Å². The molecule has 1 aromatic heterocycles. The Morgan fingerprint density at radius 1 is 0.278 bits per heavy atom. The summed E-state index contributed by atoms with van der Waals surface area (Å²) >= 11 is 1.89. The molecule has 9 aromatic carbocycles. The van der Waals surface area contributed by atoms with Gasteiger partial charge in [-0.3, -0.25) is 0 Å². The number of benzene rings is 9. The van der Waals surface area contributed by atoms with Crippen molar-refractivity contribution in [2.45, 2.75) is 0 Å². The Labute approximate surface area is 319 Å². The highest BCUT2D eigenvalue weighted by molar-refractivity contribution is 7.26. The van der Waals surface area contributed by atoms with Crippen LogP contribution in [-0.4, -0.2) is 0 Å². The molecule has 10 aromatic rings. The summed E-state index contributed by atoms with van der Waals surface area (Å²) in [6, 6.07) is 77.0. The van der Waals surface area contributed by atoms with Crippen LogP contribution < -0.4 is 4.90 Å². The number of anilines is 3. The lowest BCUT2D eigenvalue weighted by molar-refractivity contribution is 1.30. The van der Waals surface area contributed by atoms with E-state index < -0.39 is 0 Å². The molecule has 1 heterocycles. The highest BCUT2D eigenvalue weighted by Gasteiger charge is 2.20. The zero-order valence-electron chi connectivity index (χ0n) is 29.6. The molecule has 0 amide bonds. The normalized spacial score (nSPS) is 11.3. The molecule has 0 bridgehead atoms. The lowest BCUT2D eigenvalue weighted by Gasteiger charge is -2.27. The van der Waals surface area contributed by atoms with E-state index in [4.69, 9.17) is 0 Å². The summed E-state index contributed by atoms with van der Waals surface area (Å²) in [6.45, 7) is 0. The number of nitrogens with zero attached hydrogens (tertiary/aromatic N) is 1. The highest BCUT2D eigenvalue weighted by Crippen LogP contribution is 2.47. The fourth-order valence-corrected chi connectivity index (χ4v) is 8.93. The molecule has 0 aliphatic rings. The Morgan fingerprint density at radius 3 is 1.17 bits per heavy atom. The van der Waals surface area contributed by atoms with E-state index in [0.717, 1.165) is 17.1 Å². The van der Waals surface area contributed by atoms with Gasteiger partial charge >= 0.3 is 0 Å². The van der Waals surface area contributed by atoms with E-state index in [2.05, 4.69) is 217 Å². The van der Waals surface area contributed by atoms with Gasteiger partial charge in [-0.2, -0.15) is 0 Å². The van der Waals surface area contributed by atoms with Crippen molar-refractivity contribution in [2.75, 3.05) is 4.90 Å². The van der Waals surface area contributed by atoms with Crippen LogP contribution in [0.25, 0.3) is 75.5 Å². The SMILES string of the molecule is c1ccc(-c2ccc(-c3ccc(N(c4ccc(-c5ccccc5)cc4)c4cc5c6cc(-c7ccccc7)ccc6sc5c5ccccc45)cc3)cc2)cc1. The minimum atomic E-state index is 1.11. The summed E-state index contributed by atoms with van der Waals surface area (Å²) in [6.07, 6.45) is 0. The van der Waals surface area contributed by atoms with Crippen LogP contribution in [0, 0.1) is 0 Å². The highest BCUT2D eigenvalue weighted by atomic mass is 32.1. The average molecular weight is 706 g/mol. The van der Waals surface area contributed by atoms with Crippen molar-refractivity contribution in [2.24, 2.45) is 0 Å². The van der Waals surface area contributed by atoms with Crippen LogP contribution in [0.1, 0.15) is 0 Å². The van der Waals surface area contributed by atoms with Crippen LogP contribution in [0.15, 0.2) is 212 Å². The molecule has 0 radical (unpaired) electrons. The summed E-state index contributed by atoms with van der Waals surface area (Å²) in [5, 5.41) is 5.07. The van der Waals surface area contributed by atoms with Crippen molar-refractivity contribution in [3.05, 3.63) is 212 Å². The molecule has 2 heteroatoms. The van der Waals surface area contributed by atoms with Crippen molar-refractivity contribution >= 4 is 59.3 Å². The van der Waals surface area contributed by atoms with E-state index in [1.54, 1.807) is 0 Å². The number of rotatable bonds is 7. The van der Waals surface area contributed by atoms with Crippen LogP contribution >= 0.6 is 11.3 Å². The summed E-state index contributed by atoms with van der Waals surface area (Å²) in [5.74, 6) is 0. The monoisotopic (exact) mass is 705 g/mol. The molecular formula is C52H35NS. The van der Waals surface area contributed by atoms with Crippen LogP contribution in [0.3, 0.4) is 0 Å². The van der Waals surface area contributed by atoms with Gasteiger partial charge in [0, 0.05) is 42.3 Å². The fourth-order valence-electron chi connectivity index (χ4n) is 7.72. The van der Waals surface area contributed by atoms with E-state index in [9.17, 15) is 0 Å². The molecular weight excluding hydrogens is 671 g/mol. The second kappa shape index (κ2) is 13.7. The predicted molar refractivity (Wildman–Crippen MR) is 233 cm³/mol. The van der Waals surface area contributed by atoms with Gasteiger partial charge in [0.1, 0.15) is 0 Å². The van der Waals surface area contributed by atoms with Gasteiger partial charge in [-0.15, -0.1) is 11.3 Å². The minimum Gasteiger partial charge on any atom is -0.310 e. The van der Waals surface area contributed by atoms with Crippen molar-refractivity contribution in [1.29, 1.82) is 0 Å². The second-order valence-corrected chi connectivity index (χ2v) is 14.8. The summed E-state index contributed by atoms with van der Waals surface area (Å²) in [5.41, 5.74) is 13.1. The smallest absolute Gasteiger partial charge is 0.0547 e. The van der Waals surface area contributed by atoms with Crippen LogP contribution in [0.2, 0.25) is 0 Å². The number of hydrogen-bond donors (Lipinski definition) is 0. The third-order valence-corrected chi connectivity index (χ3v) is 11.7. The van der Waals surface area contributed by atoms with E-state index >= 15 is 0 Å². The van der Waals surface area contributed by atoms with Crippen molar-refractivity contribution in [3.63, 3.8) is 0 Å².